The number of allylic oxidation sites excluding steroid dienone is 2. The van der Waals surface area contributed by atoms with Gasteiger partial charge in [0.2, 0.25) is 0 Å². The van der Waals surface area contributed by atoms with Crippen LogP contribution in [0.3, 0.4) is 0 Å². The van der Waals surface area contributed by atoms with Crippen LogP contribution in [0.25, 0.3) is 0 Å². The average molecular weight is 393 g/mol. The highest BCUT2D eigenvalue weighted by Crippen LogP contribution is 2.19. The van der Waals surface area contributed by atoms with E-state index in [9.17, 15) is 0 Å². The van der Waals surface area contributed by atoms with Crippen LogP contribution in [0.4, 0.5) is 0 Å². The number of methoxy groups -OCH3 is 1. The Morgan fingerprint density at radius 2 is 1.54 bits per heavy atom. The third kappa shape index (κ3) is 5.90. The maximum atomic E-state index is 6.96. The highest BCUT2D eigenvalue weighted by atomic mass is 28.4. The van der Waals surface area contributed by atoms with E-state index in [1.165, 1.54) is 15.9 Å². The van der Waals surface area contributed by atoms with Crippen LogP contribution in [0, 0.1) is 0 Å². The fraction of sp³-hybridized carbons (Fsp3) is 0.280. The van der Waals surface area contributed by atoms with E-state index in [0.29, 0.717) is 6.61 Å². The van der Waals surface area contributed by atoms with Gasteiger partial charge in [-0.2, -0.15) is 0 Å². The lowest BCUT2D eigenvalue weighted by Gasteiger charge is -2.33. The predicted molar refractivity (Wildman–Crippen MR) is 123 cm³/mol. The summed E-state index contributed by atoms with van der Waals surface area (Å²) in [6.07, 6.45) is 6.68. The molecule has 148 valence electrons. The molecule has 0 heterocycles. The second kappa shape index (κ2) is 11.6. The first-order valence-corrected chi connectivity index (χ1v) is 11.8. The van der Waals surface area contributed by atoms with Gasteiger partial charge in [0.15, 0.2) is 0 Å². The number of benzene rings is 2. The largest absolute Gasteiger partial charge is 0.402 e. The SMILES string of the molecule is C=CCCC(C)O[Si](/C=C(/CC=C)COC)(c1ccccc1)c1ccccc1. The molecule has 0 radical (unpaired) electrons. The van der Waals surface area contributed by atoms with Crippen LogP contribution >= 0.6 is 0 Å². The van der Waals surface area contributed by atoms with Crippen LogP contribution < -0.4 is 10.4 Å². The molecule has 2 nitrogen and oxygen atoms in total. The smallest absolute Gasteiger partial charge is 0.281 e. The minimum absolute atomic E-state index is 0.119. The molecule has 0 saturated carbocycles. The third-order valence-corrected chi connectivity index (χ3v) is 8.68. The van der Waals surface area contributed by atoms with Crippen molar-refractivity contribution in [2.24, 2.45) is 0 Å². The summed E-state index contributed by atoms with van der Waals surface area (Å²) in [4.78, 5) is 0. The van der Waals surface area contributed by atoms with Gasteiger partial charge >= 0.3 is 0 Å². The molecule has 0 fully saturated rings. The van der Waals surface area contributed by atoms with Crippen molar-refractivity contribution in [3.05, 3.63) is 97.2 Å². The molecule has 28 heavy (non-hydrogen) atoms. The molecule has 3 heteroatoms. The van der Waals surface area contributed by atoms with E-state index >= 15 is 0 Å². The normalized spacial score (nSPS) is 13.1. The van der Waals surface area contributed by atoms with Crippen molar-refractivity contribution in [3.63, 3.8) is 0 Å². The van der Waals surface area contributed by atoms with Gasteiger partial charge in [0.1, 0.15) is 0 Å². The second-order valence-corrected chi connectivity index (χ2v) is 10.1. The zero-order chi connectivity index (χ0) is 20.2. The van der Waals surface area contributed by atoms with Crippen molar-refractivity contribution in [1.29, 1.82) is 0 Å². The Hall–Kier alpha value is -2.20. The number of rotatable bonds is 12. The number of hydrogen-bond acceptors (Lipinski definition) is 2. The van der Waals surface area contributed by atoms with E-state index < -0.39 is 8.32 Å². The molecule has 2 aromatic rings. The van der Waals surface area contributed by atoms with Gasteiger partial charge in [0.25, 0.3) is 8.32 Å². The Morgan fingerprint density at radius 3 is 2.00 bits per heavy atom. The van der Waals surface area contributed by atoms with Crippen LogP contribution in [0.2, 0.25) is 0 Å². The van der Waals surface area contributed by atoms with Crippen LogP contribution in [-0.4, -0.2) is 28.1 Å². The van der Waals surface area contributed by atoms with Crippen LogP contribution in [-0.2, 0) is 9.16 Å². The summed E-state index contributed by atoms with van der Waals surface area (Å²) in [5.41, 5.74) is 3.56. The molecule has 2 rings (SSSR count). The first kappa shape index (κ1) is 22.1. The topological polar surface area (TPSA) is 18.5 Å². The second-order valence-electron chi connectivity index (χ2n) is 6.99. The van der Waals surface area contributed by atoms with Gasteiger partial charge in [-0.15, -0.1) is 13.2 Å². The van der Waals surface area contributed by atoms with Crippen molar-refractivity contribution >= 4 is 18.7 Å². The highest BCUT2D eigenvalue weighted by Gasteiger charge is 2.39. The standard InChI is InChI=1S/C25H32O2Si/c1-5-7-15-22(3)27-28(24-16-10-8-11-17-24,25-18-12-9-13-19-25)21-23(14-6-2)20-26-4/h5-6,8-13,16-19,21-22H,1-2,7,14-15,20H2,3-4H3/b23-21-. The quantitative estimate of drug-likeness (QED) is 0.381. The van der Waals surface area contributed by atoms with E-state index in [1.807, 2.05) is 12.2 Å². The molecular formula is C25H32O2Si. The van der Waals surface area contributed by atoms with Crippen molar-refractivity contribution in [1.82, 2.24) is 0 Å². The van der Waals surface area contributed by atoms with E-state index in [-0.39, 0.29) is 6.10 Å². The molecule has 0 aliphatic heterocycles. The molecule has 0 N–H and O–H groups in total. The Morgan fingerprint density at radius 1 is 0.964 bits per heavy atom. The lowest BCUT2D eigenvalue weighted by molar-refractivity contribution is 0.211. The molecule has 1 atom stereocenters. The molecule has 0 aliphatic carbocycles. The van der Waals surface area contributed by atoms with Gasteiger partial charge in [0, 0.05) is 13.2 Å². The monoisotopic (exact) mass is 392 g/mol. The van der Waals surface area contributed by atoms with Crippen molar-refractivity contribution in [2.45, 2.75) is 32.3 Å². The van der Waals surface area contributed by atoms with Crippen LogP contribution in [0.15, 0.2) is 97.2 Å². The lowest BCUT2D eigenvalue weighted by Crippen LogP contribution is -2.61. The summed E-state index contributed by atoms with van der Waals surface area (Å²) >= 11 is 0. The highest BCUT2D eigenvalue weighted by molar-refractivity contribution is 7.01. The minimum atomic E-state index is -2.62. The van der Waals surface area contributed by atoms with Crippen LogP contribution in [0.5, 0.6) is 0 Å². The van der Waals surface area contributed by atoms with Crippen molar-refractivity contribution < 1.29 is 9.16 Å². The summed E-state index contributed by atoms with van der Waals surface area (Å²) in [7, 11) is -0.888. The van der Waals surface area contributed by atoms with Gasteiger partial charge < -0.3 is 9.16 Å². The van der Waals surface area contributed by atoms with Crippen molar-refractivity contribution in [3.8, 4) is 0 Å². The van der Waals surface area contributed by atoms with Gasteiger partial charge in [0.05, 0.1) is 6.61 Å². The molecule has 0 saturated heterocycles. The molecular weight excluding hydrogens is 360 g/mol. The summed E-state index contributed by atoms with van der Waals surface area (Å²) in [5.74, 6) is 0. The van der Waals surface area contributed by atoms with Gasteiger partial charge in [-0.05, 0) is 42.1 Å². The number of ether oxygens (including phenoxy) is 1. The Bertz CT molecular complexity index is 713. The summed E-state index contributed by atoms with van der Waals surface area (Å²) in [6.45, 7) is 10.5. The Labute approximate surface area is 171 Å². The zero-order valence-electron chi connectivity index (χ0n) is 17.1. The summed E-state index contributed by atoms with van der Waals surface area (Å²) < 4.78 is 12.4. The predicted octanol–water partition coefficient (Wildman–Crippen LogP) is 4.81. The van der Waals surface area contributed by atoms with Gasteiger partial charge in [-0.1, -0.05) is 78.5 Å². The fourth-order valence-corrected chi connectivity index (χ4v) is 7.33. The molecule has 0 bridgehead atoms. The first-order chi connectivity index (χ1) is 13.7. The van der Waals surface area contributed by atoms with Crippen molar-refractivity contribution in [2.75, 3.05) is 13.7 Å². The molecule has 0 amide bonds. The number of hydrogen-bond donors (Lipinski definition) is 0. The zero-order valence-corrected chi connectivity index (χ0v) is 18.1. The average Bonchev–Trinajstić information content (AvgIpc) is 2.73. The first-order valence-electron chi connectivity index (χ1n) is 9.86. The third-order valence-electron chi connectivity index (χ3n) is 4.71. The summed E-state index contributed by atoms with van der Waals surface area (Å²) in [6, 6.07) is 21.2. The van der Waals surface area contributed by atoms with E-state index in [1.54, 1.807) is 7.11 Å². The molecule has 2 aromatic carbocycles. The molecule has 0 aromatic heterocycles. The Balaban J connectivity index is 2.65. The van der Waals surface area contributed by atoms with Gasteiger partial charge in [-0.3, -0.25) is 0 Å². The maximum Gasteiger partial charge on any atom is 0.281 e. The molecule has 1 unspecified atom stereocenters. The summed E-state index contributed by atoms with van der Waals surface area (Å²) in [5, 5.41) is 2.48. The maximum absolute atomic E-state index is 6.96. The fourth-order valence-electron chi connectivity index (χ4n) is 3.42. The Kier molecular flexibility index (Phi) is 9.15. The van der Waals surface area contributed by atoms with E-state index in [4.69, 9.17) is 9.16 Å². The van der Waals surface area contributed by atoms with E-state index in [2.05, 4.69) is 86.4 Å². The lowest BCUT2D eigenvalue weighted by atomic mass is 10.2. The molecule has 0 aliphatic rings. The molecule has 0 spiro atoms. The minimum Gasteiger partial charge on any atom is -0.402 e. The van der Waals surface area contributed by atoms with Gasteiger partial charge in [-0.25, -0.2) is 0 Å². The van der Waals surface area contributed by atoms with E-state index in [0.717, 1.165) is 19.3 Å². The van der Waals surface area contributed by atoms with Crippen LogP contribution in [0.1, 0.15) is 26.2 Å².